The molecule has 6 heteroatoms. The summed E-state index contributed by atoms with van der Waals surface area (Å²) in [5.41, 5.74) is 0. The van der Waals surface area contributed by atoms with Gasteiger partial charge in [-0.25, -0.2) is 9.59 Å². The van der Waals surface area contributed by atoms with Crippen LogP contribution in [0, 0.1) is 0 Å². The molecule has 0 aliphatic rings. The van der Waals surface area contributed by atoms with Gasteiger partial charge >= 0.3 is 12.0 Å². The predicted octanol–water partition coefficient (Wildman–Crippen LogP) is 0.894. The Morgan fingerprint density at radius 2 is 2.31 bits per heavy atom. The van der Waals surface area contributed by atoms with Crippen LogP contribution in [0.2, 0.25) is 0 Å². The van der Waals surface area contributed by atoms with Crippen LogP contribution in [0.15, 0.2) is 22.8 Å². The maximum Gasteiger partial charge on any atom is 0.326 e. The minimum Gasteiger partial charge on any atom is -0.480 e. The van der Waals surface area contributed by atoms with Crippen LogP contribution in [0.3, 0.4) is 0 Å². The number of aliphatic carboxylic acids is 1. The smallest absolute Gasteiger partial charge is 0.326 e. The zero-order valence-corrected chi connectivity index (χ0v) is 9.14. The monoisotopic (exact) mass is 226 g/mol. The lowest BCUT2D eigenvalue weighted by atomic mass is 10.3. The van der Waals surface area contributed by atoms with E-state index in [4.69, 9.17) is 9.52 Å². The highest BCUT2D eigenvalue weighted by Gasteiger charge is 2.21. The molecule has 1 aromatic rings. The molecule has 0 spiro atoms. The number of carbonyl (C=O) groups excluding carboxylic acids is 1. The molecule has 0 aliphatic heterocycles. The SMILES string of the molecule is CC(C(=O)O)N(C)C(=O)NCc1ccco1. The fraction of sp³-hybridized carbons (Fsp3) is 0.400. The predicted molar refractivity (Wildman–Crippen MR) is 55.8 cm³/mol. The molecule has 6 nitrogen and oxygen atoms in total. The van der Waals surface area contributed by atoms with Gasteiger partial charge in [0.1, 0.15) is 11.8 Å². The van der Waals surface area contributed by atoms with Crippen molar-refractivity contribution in [2.75, 3.05) is 7.05 Å². The number of carbonyl (C=O) groups is 2. The first-order valence-corrected chi connectivity index (χ1v) is 4.78. The van der Waals surface area contributed by atoms with Crippen LogP contribution in [-0.2, 0) is 11.3 Å². The van der Waals surface area contributed by atoms with Gasteiger partial charge in [0.25, 0.3) is 0 Å². The topological polar surface area (TPSA) is 82.8 Å². The van der Waals surface area contributed by atoms with Crippen LogP contribution >= 0.6 is 0 Å². The number of nitrogens with zero attached hydrogens (tertiary/aromatic N) is 1. The average Bonchev–Trinajstić information content (AvgIpc) is 2.76. The van der Waals surface area contributed by atoms with Crippen LogP contribution < -0.4 is 5.32 Å². The van der Waals surface area contributed by atoms with E-state index in [1.165, 1.54) is 20.2 Å². The lowest BCUT2D eigenvalue weighted by molar-refractivity contribution is -0.141. The normalized spacial score (nSPS) is 11.9. The highest BCUT2D eigenvalue weighted by atomic mass is 16.4. The Bertz CT molecular complexity index is 361. The van der Waals surface area contributed by atoms with Crippen LogP contribution in [0.5, 0.6) is 0 Å². The summed E-state index contributed by atoms with van der Waals surface area (Å²) < 4.78 is 5.02. The zero-order chi connectivity index (χ0) is 12.1. The number of amides is 2. The summed E-state index contributed by atoms with van der Waals surface area (Å²) in [6.07, 6.45) is 1.51. The third-order valence-electron chi connectivity index (χ3n) is 2.25. The molecule has 0 aliphatic carbocycles. The number of urea groups is 1. The van der Waals surface area contributed by atoms with Crippen molar-refractivity contribution in [3.05, 3.63) is 24.2 Å². The molecule has 0 bridgehead atoms. The van der Waals surface area contributed by atoms with Crippen molar-refractivity contribution in [2.24, 2.45) is 0 Å². The third-order valence-corrected chi connectivity index (χ3v) is 2.25. The molecule has 0 saturated carbocycles. The van der Waals surface area contributed by atoms with E-state index in [0.29, 0.717) is 5.76 Å². The number of likely N-dealkylation sites (N-methyl/N-ethyl adjacent to an activating group) is 1. The zero-order valence-electron chi connectivity index (χ0n) is 9.14. The molecule has 1 unspecified atom stereocenters. The minimum atomic E-state index is -1.05. The van der Waals surface area contributed by atoms with Crippen molar-refractivity contribution in [3.8, 4) is 0 Å². The first-order valence-electron chi connectivity index (χ1n) is 4.78. The molecule has 1 aromatic heterocycles. The van der Waals surface area contributed by atoms with Gasteiger partial charge in [0.05, 0.1) is 12.8 Å². The Balaban J connectivity index is 2.43. The van der Waals surface area contributed by atoms with Gasteiger partial charge in [0.2, 0.25) is 0 Å². The van der Waals surface area contributed by atoms with Crippen LogP contribution in [-0.4, -0.2) is 35.1 Å². The molecule has 1 rings (SSSR count). The van der Waals surface area contributed by atoms with Gasteiger partial charge in [-0.15, -0.1) is 0 Å². The average molecular weight is 226 g/mol. The third kappa shape index (κ3) is 3.01. The molecule has 16 heavy (non-hydrogen) atoms. The van der Waals surface area contributed by atoms with Crippen molar-refractivity contribution in [2.45, 2.75) is 19.5 Å². The van der Waals surface area contributed by atoms with Crippen LogP contribution in [0.1, 0.15) is 12.7 Å². The molecular formula is C10H14N2O4. The number of carboxylic acids is 1. The number of hydrogen-bond acceptors (Lipinski definition) is 3. The number of carboxylic acid groups (broad SMARTS) is 1. The fourth-order valence-corrected chi connectivity index (χ4v) is 1.04. The van der Waals surface area contributed by atoms with Crippen LogP contribution in [0.25, 0.3) is 0 Å². The van der Waals surface area contributed by atoms with Gasteiger partial charge in [-0.1, -0.05) is 0 Å². The molecule has 1 atom stereocenters. The largest absolute Gasteiger partial charge is 0.480 e. The number of nitrogens with one attached hydrogen (secondary N) is 1. The maximum atomic E-state index is 11.5. The van der Waals surface area contributed by atoms with E-state index in [0.717, 1.165) is 4.90 Å². The summed E-state index contributed by atoms with van der Waals surface area (Å²) >= 11 is 0. The molecule has 0 radical (unpaired) electrons. The Hall–Kier alpha value is -1.98. The van der Waals surface area contributed by atoms with E-state index >= 15 is 0 Å². The summed E-state index contributed by atoms with van der Waals surface area (Å²) in [5.74, 6) is -0.430. The van der Waals surface area contributed by atoms with E-state index in [2.05, 4.69) is 5.32 Å². The van der Waals surface area contributed by atoms with E-state index in [9.17, 15) is 9.59 Å². The molecule has 88 valence electrons. The van der Waals surface area contributed by atoms with Crippen molar-refractivity contribution in [3.63, 3.8) is 0 Å². The Kier molecular flexibility index (Phi) is 3.93. The van der Waals surface area contributed by atoms with E-state index in [-0.39, 0.29) is 6.54 Å². The molecular weight excluding hydrogens is 212 g/mol. The summed E-state index contributed by atoms with van der Waals surface area (Å²) in [6, 6.07) is 2.12. The molecule has 0 saturated heterocycles. The molecule has 1 heterocycles. The second kappa shape index (κ2) is 5.20. The van der Waals surface area contributed by atoms with Crippen molar-refractivity contribution in [1.82, 2.24) is 10.2 Å². The van der Waals surface area contributed by atoms with Gasteiger partial charge in [0.15, 0.2) is 0 Å². The second-order valence-electron chi connectivity index (χ2n) is 3.36. The molecule has 0 fully saturated rings. The van der Waals surface area contributed by atoms with E-state index < -0.39 is 18.0 Å². The van der Waals surface area contributed by atoms with Gasteiger partial charge in [0, 0.05) is 7.05 Å². The van der Waals surface area contributed by atoms with E-state index in [1.807, 2.05) is 0 Å². The molecule has 0 aromatic carbocycles. The van der Waals surface area contributed by atoms with E-state index in [1.54, 1.807) is 12.1 Å². The Morgan fingerprint density at radius 1 is 1.62 bits per heavy atom. The fourth-order valence-electron chi connectivity index (χ4n) is 1.04. The van der Waals surface area contributed by atoms with Gasteiger partial charge < -0.3 is 19.7 Å². The second-order valence-corrected chi connectivity index (χ2v) is 3.36. The summed E-state index contributed by atoms with van der Waals surface area (Å²) in [7, 11) is 1.43. The van der Waals surface area contributed by atoms with Gasteiger partial charge in [-0.2, -0.15) is 0 Å². The molecule has 2 N–H and O–H groups in total. The van der Waals surface area contributed by atoms with Crippen molar-refractivity contribution >= 4 is 12.0 Å². The minimum absolute atomic E-state index is 0.239. The summed E-state index contributed by atoms with van der Waals surface area (Å²) in [5, 5.41) is 11.3. The highest BCUT2D eigenvalue weighted by molar-refractivity contribution is 5.81. The Labute approximate surface area is 92.8 Å². The van der Waals surface area contributed by atoms with Gasteiger partial charge in [-0.05, 0) is 19.1 Å². The van der Waals surface area contributed by atoms with Crippen molar-refractivity contribution < 1.29 is 19.1 Å². The first-order chi connectivity index (χ1) is 7.52. The van der Waals surface area contributed by atoms with Crippen LogP contribution in [0.4, 0.5) is 4.79 Å². The lowest BCUT2D eigenvalue weighted by Crippen LogP contribution is -2.45. The standard InChI is InChI=1S/C10H14N2O4/c1-7(9(13)14)12(2)10(15)11-6-8-4-3-5-16-8/h3-5,7H,6H2,1-2H3,(H,11,15)(H,13,14). The van der Waals surface area contributed by atoms with Gasteiger partial charge in [-0.3, -0.25) is 0 Å². The lowest BCUT2D eigenvalue weighted by Gasteiger charge is -2.21. The number of furan rings is 1. The number of rotatable bonds is 4. The highest BCUT2D eigenvalue weighted by Crippen LogP contribution is 2.00. The Morgan fingerprint density at radius 3 is 2.81 bits per heavy atom. The summed E-state index contributed by atoms with van der Waals surface area (Å²) in [4.78, 5) is 23.2. The number of hydrogen-bond donors (Lipinski definition) is 2. The molecule has 2 amide bonds. The van der Waals surface area contributed by atoms with Crippen molar-refractivity contribution in [1.29, 1.82) is 0 Å². The summed E-state index contributed by atoms with van der Waals surface area (Å²) in [6.45, 7) is 1.68. The first kappa shape index (κ1) is 12.1. The quantitative estimate of drug-likeness (QED) is 0.798. The maximum absolute atomic E-state index is 11.5.